The number of carbonyl (C=O) groups excluding carboxylic acids is 3. The van der Waals surface area contributed by atoms with Crippen LogP contribution >= 0.6 is 0 Å². The number of rotatable bonds is 5. The van der Waals surface area contributed by atoms with Crippen LogP contribution in [-0.4, -0.2) is 29.4 Å². The topological polar surface area (TPSA) is 113 Å². The molecule has 3 aliphatic rings. The lowest BCUT2D eigenvalue weighted by Gasteiger charge is -2.19. The van der Waals surface area contributed by atoms with Gasteiger partial charge in [-0.1, -0.05) is 18.2 Å². The van der Waals surface area contributed by atoms with Gasteiger partial charge in [0.25, 0.3) is 11.8 Å². The van der Waals surface area contributed by atoms with Crippen molar-refractivity contribution < 1.29 is 23.6 Å². The van der Waals surface area contributed by atoms with Crippen LogP contribution in [0.3, 0.4) is 0 Å². The summed E-state index contributed by atoms with van der Waals surface area (Å²) in [5.41, 5.74) is 3.67. The molecule has 0 saturated carbocycles. The molecule has 0 unspecified atom stereocenters. The molecule has 2 aromatic rings. The van der Waals surface area contributed by atoms with Crippen LogP contribution in [0.1, 0.15) is 30.1 Å². The number of hydroxylamine groups is 2. The Kier molecular flexibility index (Phi) is 5.33. The van der Waals surface area contributed by atoms with Crippen LogP contribution < -0.4 is 10.7 Å². The minimum Gasteiger partial charge on any atom is -0.456 e. The van der Waals surface area contributed by atoms with Gasteiger partial charge in [-0.3, -0.25) is 9.59 Å². The smallest absolute Gasteiger partial charge is 0.364 e. The Bertz CT molecular complexity index is 1470. The highest BCUT2D eigenvalue weighted by Crippen LogP contribution is 2.41. The van der Waals surface area contributed by atoms with E-state index < -0.39 is 17.8 Å². The summed E-state index contributed by atoms with van der Waals surface area (Å²) < 4.78 is 6.14. The zero-order chi connectivity index (χ0) is 23.8. The molecule has 0 aromatic heterocycles. The predicted molar refractivity (Wildman–Crippen MR) is 125 cm³/mol. The fraction of sp³-hybridized carbons (Fsp3) is 0.154. The van der Waals surface area contributed by atoms with Gasteiger partial charge in [-0.25, -0.2) is 4.79 Å². The molecule has 0 spiro atoms. The Morgan fingerprint density at radius 3 is 2.56 bits per heavy atom. The Morgan fingerprint density at radius 1 is 1.03 bits per heavy atom. The summed E-state index contributed by atoms with van der Waals surface area (Å²) in [4.78, 5) is 42.3. The molecule has 2 aromatic carbocycles. The SMILES string of the molecule is CCNc1ccc2c(-c3ccccc3C(=O)ON3C(=O)CCC3=O)c3ccc(=N)cc-3oc2c1. The summed E-state index contributed by atoms with van der Waals surface area (Å²) in [5.74, 6) is -1.38. The molecule has 8 nitrogen and oxygen atoms in total. The maximum atomic E-state index is 13.1. The molecule has 2 heterocycles. The summed E-state index contributed by atoms with van der Waals surface area (Å²) in [5, 5.41) is 12.9. The first-order chi connectivity index (χ1) is 16.5. The summed E-state index contributed by atoms with van der Waals surface area (Å²) in [7, 11) is 0. The van der Waals surface area contributed by atoms with E-state index in [0.29, 0.717) is 32.9 Å². The number of anilines is 1. The number of carbonyl (C=O) groups is 3. The molecule has 1 fully saturated rings. The molecule has 170 valence electrons. The number of hydrogen-bond donors (Lipinski definition) is 2. The molecule has 2 N–H and O–H groups in total. The zero-order valence-corrected chi connectivity index (χ0v) is 18.4. The van der Waals surface area contributed by atoms with Gasteiger partial charge in [0.05, 0.1) is 10.9 Å². The van der Waals surface area contributed by atoms with Crippen molar-refractivity contribution in [3.8, 4) is 22.5 Å². The second-order valence-electron chi connectivity index (χ2n) is 7.94. The second kappa shape index (κ2) is 8.47. The van der Waals surface area contributed by atoms with Crippen molar-refractivity contribution in [3.05, 3.63) is 71.6 Å². The van der Waals surface area contributed by atoms with E-state index in [1.165, 1.54) is 0 Å². The highest BCUT2D eigenvalue weighted by atomic mass is 16.7. The summed E-state index contributed by atoms with van der Waals surface area (Å²) >= 11 is 0. The van der Waals surface area contributed by atoms with E-state index in [1.807, 2.05) is 25.1 Å². The van der Waals surface area contributed by atoms with Crippen LogP contribution in [-0.2, 0) is 14.4 Å². The standard InChI is InChI=1S/C26H21N3O5/c1-2-28-16-8-10-20-22(14-16)33-21-13-15(27)7-9-19(21)25(20)17-5-3-4-6-18(17)26(32)34-29-23(30)11-12-24(29)31/h3-10,13-14,27-28H,2,11-12H2,1H3. The van der Waals surface area contributed by atoms with Gasteiger partial charge in [0.2, 0.25) is 0 Å². The number of amides is 2. The van der Waals surface area contributed by atoms with Crippen LogP contribution in [0.15, 0.2) is 65.1 Å². The van der Waals surface area contributed by atoms with Gasteiger partial charge >= 0.3 is 5.97 Å². The molecule has 0 radical (unpaired) electrons. The number of hydrogen-bond acceptors (Lipinski definition) is 7. The lowest BCUT2D eigenvalue weighted by Crippen LogP contribution is -2.32. The minimum atomic E-state index is -0.803. The van der Waals surface area contributed by atoms with Gasteiger partial charge < -0.3 is 20.0 Å². The van der Waals surface area contributed by atoms with Crippen LogP contribution in [0.2, 0.25) is 0 Å². The van der Waals surface area contributed by atoms with E-state index >= 15 is 0 Å². The van der Waals surface area contributed by atoms with E-state index in [-0.39, 0.29) is 18.4 Å². The van der Waals surface area contributed by atoms with Crippen molar-refractivity contribution >= 4 is 34.4 Å². The Hall–Kier alpha value is -4.46. The second-order valence-corrected chi connectivity index (χ2v) is 7.94. The molecular formula is C26H21N3O5. The first-order valence-corrected chi connectivity index (χ1v) is 10.9. The van der Waals surface area contributed by atoms with E-state index in [0.717, 1.165) is 23.2 Å². The van der Waals surface area contributed by atoms with E-state index in [4.69, 9.17) is 14.7 Å². The largest absolute Gasteiger partial charge is 0.456 e. The van der Waals surface area contributed by atoms with Gasteiger partial charge in [-0.2, -0.15) is 0 Å². The van der Waals surface area contributed by atoms with Crippen LogP contribution in [0.5, 0.6) is 0 Å². The minimum absolute atomic E-state index is 0.0206. The third kappa shape index (κ3) is 3.69. The monoisotopic (exact) mass is 455 g/mol. The van der Waals surface area contributed by atoms with Crippen LogP contribution in [0, 0.1) is 5.41 Å². The average molecular weight is 455 g/mol. The molecule has 1 saturated heterocycles. The highest BCUT2D eigenvalue weighted by molar-refractivity contribution is 6.09. The van der Waals surface area contributed by atoms with Crippen molar-refractivity contribution in [2.45, 2.75) is 19.8 Å². The summed E-state index contributed by atoms with van der Waals surface area (Å²) in [6, 6.07) is 17.6. The number of imide groups is 1. The molecule has 5 rings (SSSR count). The van der Waals surface area contributed by atoms with E-state index in [2.05, 4.69) is 5.32 Å². The number of nitrogens with zero attached hydrogens (tertiary/aromatic N) is 1. The number of nitrogens with one attached hydrogen (secondary N) is 2. The van der Waals surface area contributed by atoms with Crippen molar-refractivity contribution in [3.63, 3.8) is 0 Å². The summed E-state index contributed by atoms with van der Waals surface area (Å²) in [6.45, 7) is 2.74. The first kappa shape index (κ1) is 21.4. The zero-order valence-electron chi connectivity index (χ0n) is 18.4. The predicted octanol–water partition coefficient (Wildman–Crippen LogP) is 4.34. The quantitative estimate of drug-likeness (QED) is 0.342. The Balaban J connectivity index is 1.71. The van der Waals surface area contributed by atoms with Crippen molar-refractivity contribution in [1.29, 1.82) is 5.41 Å². The number of fused-ring (bicyclic) bond motifs is 2. The van der Waals surface area contributed by atoms with Crippen molar-refractivity contribution in [1.82, 2.24) is 5.06 Å². The van der Waals surface area contributed by atoms with Gasteiger partial charge in [0.15, 0.2) is 0 Å². The molecule has 2 aliphatic heterocycles. The van der Waals surface area contributed by atoms with Gasteiger partial charge in [0, 0.05) is 53.7 Å². The van der Waals surface area contributed by atoms with Crippen LogP contribution in [0.25, 0.3) is 33.4 Å². The summed E-state index contributed by atoms with van der Waals surface area (Å²) in [6.07, 6.45) is 0.0413. The normalized spacial score (nSPS) is 13.6. The molecule has 2 amide bonds. The first-order valence-electron chi connectivity index (χ1n) is 10.9. The maximum absolute atomic E-state index is 13.1. The highest BCUT2D eigenvalue weighted by Gasteiger charge is 2.34. The Labute approximate surface area is 194 Å². The molecule has 0 bridgehead atoms. The van der Waals surface area contributed by atoms with Gasteiger partial charge in [0.1, 0.15) is 11.3 Å². The van der Waals surface area contributed by atoms with Gasteiger partial charge in [-0.15, -0.1) is 5.06 Å². The van der Waals surface area contributed by atoms with Crippen LogP contribution in [0.4, 0.5) is 5.69 Å². The average Bonchev–Trinajstić information content (AvgIpc) is 3.14. The van der Waals surface area contributed by atoms with Crippen molar-refractivity contribution in [2.24, 2.45) is 0 Å². The third-order valence-electron chi connectivity index (χ3n) is 5.70. The van der Waals surface area contributed by atoms with Gasteiger partial charge in [-0.05, 0) is 42.8 Å². The molecule has 34 heavy (non-hydrogen) atoms. The van der Waals surface area contributed by atoms with Crippen molar-refractivity contribution in [2.75, 3.05) is 11.9 Å². The van der Waals surface area contributed by atoms with E-state index in [1.54, 1.807) is 42.5 Å². The third-order valence-corrected chi connectivity index (χ3v) is 5.70. The van der Waals surface area contributed by atoms with E-state index in [9.17, 15) is 14.4 Å². The maximum Gasteiger partial charge on any atom is 0.364 e. The lowest BCUT2D eigenvalue weighted by molar-refractivity contribution is -0.172. The fourth-order valence-corrected chi connectivity index (χ4v) is 4.16. The molecule has 8 heteroatoms. The number of benzene rings is 3. The molecule has 1 aliphatic carbocycles. The molecular weight excluding hydrogens is 434 g/mol. The lowest BCUT2D eigenvalue weighted by atomic mass is 9.90. The Morgan fingerprint density at radius 2 is 1.79 bits per heavy atom. The molecule has 0 atom stereocenters. The fourth-order valence-electron chi connectivity index (χ4n) is 4.16.